The monoisotopic (exact) mass is 485 g/mol. The minimum Gasteiger partial charge on any atom is -0.462 e. The van der Waals surface area contributed by atoms with E-state index in [4.69, 9.17) is 4.74 Å². The summed E-state index contributed by atoms with van der Waals surface area (Å²) in [6, 6.07) is 13.5. The first kappa shape index (κ1) is 24.7. The SMILES string of the molecule is CCOC(=O)c1ccc(-n2c(C)cc(/C=C3\C(=O)NC(=O)N(c4cc(C)cc(C)c4)C3=O)c2C)cc1. The van der Waals surface area contributed by atoms with Crippen LogP contribution in [-0.4, -0.2) is 35.0 Å². The first-order valence-corrected chi connectivity index (χ1v) is 11.6. The van der Waals surface area contributed by atoms with Crippen molar-refractivity contribution >= 4 is 35.6 Å². The summed E-state index contributed by atoms with van der Waals surface area (Å²) in [6.07, 6.45) is 1.51. The number of urea groups is 1. The van der Waals surface area contributed by atoms with Crippen molar-refractivity contribution in [2.45, 2.75) is 34.6 Å². The van der Waals surface area contributed by atoms with Gasteiger partial charge in [-0.25, -0.2) is 14.5 Å². The molecule has 1 aliphatic heterocycles. The Bertz CT molecular complexity index is 1410. The van der Waals surface area contributed by atoms with Crippen molar-refractivity contribution in [2.75, 3.05) is 11.5 Å². The third-order valence-corrected chi connectivity index (χ3v) is 5.97. The lowest BCUT2D eigenvalue weighted by atomic mass is 10.1. The van der Waals surface area contributed by atoms with E-state index in [1.54, 1.807) is 31.2 Å². The highest BCUT2D eigenvalue weighted by Crippen LogP contribution is 2.27. The molecular weight excluding hydrogens is 458 g/mol. The summed E-state index contributed by atoms with van der Waals surface area (Å²) in [6.45, 7) is 9.58. The topological polar surface area (TPSA) is 97.7 Å². The van der Waals surface area contributed by atoms with Crippen molar-refractivity contribution in [1.82, 2.24) is 9.88 Å². The van der Waals surface area contributed by atoms with E-state index < -0.39 is 17.8 Å². The summed E-state index contributed by atoms with van der Waals surface area (Å²) >= 11 is 0. The van der Waals surface area contributed by atoms with Gasteiger partial charge in [-0.3, -0.25) is 14.9 Å². The maximum Gasteiger partial charge on any atom is 0.338 e. The summed E-state index contributed by atoms with van der Waals surface area (Å²) < 4.78 is 7.00. The number of carbonyl (C=O) groups excluding carboxylic acids is 4. The number of hydrogen-bond donors (Lipinski definition) is 1. The van der Waals surface area contributed by atoms with Gasteiger partial charge in [0, 0.05) is 17.1 Å². The summed E-state index contributed by atoms with van der Waals surface area (Å²) in [5, 5.41) is 2.28. The molecule has 0 aliphatic carbocycles. The number of carbonyl (C=O) groups is 4. The highest BCUT2D eigenvalue weighted by Gasteiger charge is 2.37. The number of amides is 4. The maximum atomic E-state index is 13.3. The fourth-order valence-corrected chi connectivity index (χ4v) is 4.42. The van der Waals surface area contributed by atoms with E-state index in [0.29, 0.717) is 23.4 Å². The third-order valence-electron chi connectivity index (χ3n) is 5.97. The maximum absolute atomic E-state index is 13.3. The predicted molar refractivity (Wildman–Crippen MR) is 136 cm³/mol. The van der Waals surface area contributed by atoms with Crippen LogP contribution >= 0.6 is 0 Å². The average molecular weight is 486 g/mol. The molecule has 36 heavy (non-hydrogen) atoms. The Morgan fingerprint density at radius 1 is 0.917 bits per heavy atom. The number of anilines is 1. The Hall–Kier alpha value is -4.46. The molecule has 1 saturated heterocycles. The lowest BCUT2D eigenvalue weighted by Crippen LogP contribution is -2.54. The fraction of sp³-hybridized carbons (Fsp3) is 0.214. The Labute approximate surface area is 209 Å². The number of imide groups is 2. The van der Waals surface area contributed by atoms with Crippen LogP contribution in [0.4, 0.5) is 10.5 Å². The van der Waals surface area contributed by atoms with Gasteiger partial charge in [0.2, 0.25) is 0 Å². The van der Waals surface area contributed by atoms with Gasteiger partial charge in [0.05, 0.1) is 17.9 Å². The Morgan fingerprint density at radius 2 is 1.56 bits per heavy atom. The van der Waals surface area contributed by atoms with E-state index in [1.807, 2.05) is 56.5 Å². The Kier molecular flexibility index (Phi) is 6.61. The van der Waals surface area contributed by atoms with E-state index in [-0.39, 0.29) is 11.5 Å². The van der Waals surface area contributed by atoms with Crippen molar-refractivity contribution in [3.63, 3.8) is 0 Å². The second-order valence-electron chi connectivity index (χ2n) is 8.73. The van der Waals surface area contributed by atoms with Crippen LogP contribution in [0, 0.1) is 27.7 Å². The molecule has 3 aromatic rings. The first-order chi connectivity index (χ1) is 17.1. The summed E-state index contributed by atoms with van der Waals surface area (Å²) in [5.74, 6) is -1.81. The van der Waals surface area contributed by atoms with Gasteiger partial charge in [0.1, 0.15) is 5.57 Å². The molecule has 0 atom stereocenters. The van der Waals surface area contributed by atoms with E-state index in [1.165, 1.54) is 6.08 Å². The van der Waals surface area contributed by atoms with Crippen LogP contribution in [0.15, 0.2) is 54.1 Å². The lowest BCUT2D eigenvalue weighted by molar-refractivity contribution is -0.122. The van der Waals surface area contributed by atoms with Crippen molar-refractivity contribution in [1.29, 1.82) is 0 Å². The molecule has 4 rings (SSSR count). The number of rotatable bonds is 5. The number of ether oxygens (including phenoxy) is 1. The van der Waals surface area contributed by atoms with Crippen molar-refractivity contribution < 1.29 is 23.9 Å². The second-order valence-corrected chi connectivity index (χ2v) is 8.73. The smallest absolute Gasteiger partial charge is 0.338 e. The zero-order valence-corrected chi connectivity index (χ0v) is 20.8. The molecule has 1 N–H and O–H groups in total. The quantitative estimate of drug-likeness (QED) is 0.325. The standard InChI is InChI=1S/C28H27N3O5/c1-6-36-27(34)20-7-9-22(10-8-20)30-18(4)14-21(19(30)5)15-24-25(32)29-28(35)31(26(24)33)23-12-16(2)11-17(3)13-23/h7-15H,6H2,1-5H3,(H,29,32,35)/b24-15+. The van der Waals surface area contributed by atoms with Crippen LogP contribution < -0.4 is 10.2 Å². The molecule has 0 bridgehead atoms. The van der Waals surface area contributed by atoms with Gasteiger partial charge in [0.25, 0.3) is 11.8 Å². The molecule has 8 heteroatoms. The van der Waals surface area contributed by atoms with E-state index in [0.717, 1.165) is 33.1 Å². The molecule has 1 fully saturated rings. The molecule has 4 amide bonds. The molecule has 0 saturated carbocycles. The number of nitrogens with one attached hydrogen (secondary N) is 1. The van der Waals surface area contributed by atoms with E-state index in [2.05, 4.69) is 5.32 Å². The van der Waals surface area contributed by atoms with Gasteiger partial charge in [-0.05, 0) is 99.8 Å². The molecule has 0 radical (unpaired) electrons. The molecule has 8 nitrogen and oxygen atoms in total. The normalized spacial score (nSPS) is 14.9. The van der Waals surface area contributed by atoms with Crippen LogP contribution in [-0.2, 0) is 14.3 Å². The number of aromatic nitrogens is 1. The molecule has 2 aromatic carbocycles. The number of nitrogens with zero attached hydrogens (tertiary/aromatic N) is 2. The Morgan fingerprint density at radius 3 is 2.17 bits per heavy atom. The average Bonchev–Trinajstić information content (AvgIpc) is 3.08. The third kappa shape index (κ3) is 4.57. The minimum atomic E-state index is -0.778. The predicted octanol–water partition coefficient (Wildman–Crippen LogP) is 4.55. The number of barbiturate groups is 1. The molecular formula is C28H27N3O5. The molecule has 1 aromatic heterocycles. The first-order valence-electron chi connectivity index (χ1n) is 11.6. The number of aryl methyl sites for hydroxylation is 3. The Balaban J connectivity index is 1.71. The second kappa shape index (κ2) is 9.65. The zero-order chi connectivity index (χ0) is 26.1. The van der Waals surface area contributed by atoms with Crippen molar-refractivity contribution in [2.24, 2.45) is 0 Å². The summed E-state index contributed by atoms with van der Waals surface area (Å²) in [7, 11) is 0. The fourth-order valence-electron chi connectivity index (χ4n) is 4.42. The molecule has 0 spiro atoms. The van der Waals surface area contributed by atoms with Crippen LogP contribution in [0.5, 0.6) is 0 Å². The van der Waals surface area contributed by atoms with Gasteiger partial charge < -0.3 is 9.30 Å². The summed E-state index contributed by atoms with van der Waals surface area (Å²) in [4.78, 5) is 51.5. The van der Waals surface area contributed by atoms with Crippen molar-refractivity contribution in [3.8, 4) is 5.69 Å². The largest absolute Gasteiger partial charge is 0.462 e. The molecule has 184 valence electrons. The highest BCUT2D eigenvalue weighted by atomic mass is 16.5. The van der Waals surface area contributed by atoms with Gasteiger partial charge in [-0.15, -0.1) is 0 Å². The lowest BCUT2D eigenvalue weighted by Gasteiger charge is -2.27. The highest BCUT2D eigenvalue weighted by molar-refractivity contribution is 6.39. The van der Waals surface area contributed by atoms with E-state index in [9.17, 15) is 19.2 Å². The number of hydrogen-bond acceptors (Lipinski definition) is 5. The minimum absolute atomic E-state index is 0.133. The number of benzene rings is 2. The molecule has 0 unspecified atom stereocenters. The zero-order valence-electron chi connectivity index (χ0n) is 20.8. The number of esters is 1. The van der Waals surface area contributed by atoms with Gasteiger partial charge in [0.15, 0.2) is 0 Å². The van der Waals surface area contributed by atoms with Gasteiger partial charge >= 0.3 is 12.0 Å². The van der Waals surface area contributed by atoms with Crippen LogP contribution in [0.25, 0.3) is 11.8 Å². The molecule has 2 heterocycles. The van der Waals surface area contributed by atoms with Crippen LogP contribution in [0.2, 0.25) is 0 Å². The van der Waals surface area contributed by atoms with Crippen LogP contribution in [0.3, 0.4) is 0 Å². The van der Waals surface area contributed by atoms with Gasteiger partial charge in [-0.2, -0.15) is 0 Å². The summed E-state index contributed by atoms with van der Waals surface area (Å²) in [5.41, 5.74) is 5.65. The molecule has 1 aliphatic rings. The van der Waals surface area contributed by atoms with E-state index >= 15 is 0 Å². The van der Waals surface area contributed by atoms with Crippen molar-refractivity contribution in [3.05, 3.63) is 87.7 Å². The van der Waals surface area contributed by atoms with Crippen LogP contribution in [0.1, 0.15) is 45.4 Å². The van der Waals surface area contributed by atoms with Gasteiger partial charge in [-0.1, -0.05) is 6.07 Å².